The number of ketones is 1. The minimum atomic E-state index is -4.52. The van der Waals surface area contributed by atoms with Crippen LogP contribution in [0.2, 0.25) is 0 Å². The topological polar surface area (TPSA) is 91.8 Å². The number of methoxy groups -OCH3 is 1. The highest BCUT2D eigenvalue weighted by Crippen LogP contribution is 2.41. The van der Waals surface area contributed by atoms with Crippen LogP contribution in [0.5, 0.6) is 0 Å². The number of likely N-dealkylation sites (tertiary alicyclic amines) is 1. The lowest BCUT2D eigenvalue weighted by molar-refractivity contribution is -0.137. The van der Waals surface area contributed by atoms with E-state index < -0.39 is 23.1 Å². The number of hydrogen-bond donors (Lipinski definition) is 2. The third-order valence-corrected chi connectivity index (χ3v) is 8.42. The van der Waals surface area contributed by atoms with Crippen LogP contribution in [0.1, 0.15) is 70.8 Å². The minimum Gasteiger partial charge on any atom is -0.384 e. The highest BCUT2D eigenvalue weighted by atomic mass is 32.1. The van der Waals surface area contributed by atoms with Crippen LogP contribution in [0.4, 0.5) is 13.2 Å². The van der Waals surface area contributed by atoms with Crippen LogP contribution in [-0.2, 0) is 27.9 Å². The molecule has 1 saturated heterocycles. The summed E-state index contributed by atoms with van der Waals surface area (Å²) in [5.74, 6) is -0.762. The Bertz CT molecular complexity index is 1100. The van der Waals surface area contributed by atoms with Crippen LogP contribution in [0.15, 0.2) is 30.5 Å². The number of aromatic nitrogens is 1. The zero-order valence-electron chi connectivity index (χ0n) is 20.7. The van der Waals surface area contributed by atoms with E-state index in [1.165, 1.54) is 23.5 Å². The van der Waals surface area contributed by atoms with Crippen LogP contribution in [0.3, 0.4) is 0 Å². The van der Waals surface area contributed by atoms with Gasteiger partial charge in [-0.1, -0.05) is 12.1 Å². The second-order valence-corrected chi connectivity index (χ2v) is 11.0. The SMILES string of the molecule is COCc1ncc(C2(O)CCC(N3CCC(NC(=O)CCC(=O)c4cccc(C(F)(F)F)c4)C3)CC2)s1. The molecule has 2 heterocycles. The van der Waals surface area contributed by atoms with Crippen molar-refractivity contribution in [1.29, 1.82) is 0 Å². The number of rotatable bonds is 9. The van der Waals surface area contributed by atoms with Crippen molar-refractivity contribution in [3.8, 4) is 0 Å². The average molecular weight is 540 g/mol. The van der Waals surface area contributed by atoms with Gasteiger partial charge in [0.25, 0.3) is 0 Å². The summed E-state index contributed by atoms with van der Waals surface area (Å²) < 4.78 is 43.8. The maximum absolute atomic E-state index is 12.9. The van der Waals surface area contributed by atoms with Crippen LogP contribution < -0.4 is 5.32 Å². The van der Waals surface area contributed by atoms with Gasteiger partial charge in [0.15, 0.2) is 5.78 Å². The van der Waals surface area contributed by atoms with Crippen molar-refractivity contribution in [3.05, 3.63) is 51.5 Å². The normalized spacial score (nSPS) is 24.8. The van der Waals surface area contributed by atoms with Crippen molar-refractivity contribution in [1.82, 2.24) is 15.2 Å². The van der Waals surface area contributed by atoms with Crippen molar-refractivity contribution in [2.45, 2.75) is 75.4 Å². The largest absolute Gasteiger partial charge is 0.416 e. The summed E-state index contributed by atoms with van der Waals surface area (Å²) >= 11 is 1.49. The maximum Gasteiger partial charge on any atom is 0.416 e. The lowest BCUT2D eigenvalue weighted by atomic mass is 9.81. The fourth-order valence-corrected chi connectivity index (χ4v) is 6.22. The van der Waals surface area contributed by atoms with E-state index in [0.717, 1.165) is 47.8 Å². The van der Waals surface area contributed by atoms with Crippen molar-refractivity contribution < 1.29 is 32.6 Å². The van der Waals surface area contributed by atoms with Crippen LogP contribution >= 0.6 is 11.3 Å². The number of Topliss-reactive ketones (excluding diaryl/α,β-unsaturated/α-hetero) is 1. The van der Waals surface area contributed by atoms with Gasteiger partial charge in [-0.2, -0.15) is 13.2 Å². The van der Waals surface area contributed by atoms with Gasteiger partial charge >= 0.3 is 6.18 Å². The number of alkyl halides is 3. The first-order valence-electron chi connectivity index (χ1n) is 12.5. The van der Waals surface area contributed by atoms with Gasteiger partial charge in [0.1, 0.15) is 10.6 Å². The summed E-state index contributed by atoms with van der Waals surface area (Å²) in [6, 6.07) is 4.58. The molecule has 1 unspecified atom stereocenters. The number of thiazole rings is 1. The molecule has 2 fully saturated rings. The molecule has 2 aliphatic rings. The molecular formula is C26H32F3N3O4S. The van der Waals surface area contributed by atoms with E-state index in [2.05, 4.69) is 15.2 Å². The molecule has 0 bridgehead atoms. The van der Waals surface area contributed by atoms with Gasteiger partial charge in [0.2, 0.25) is 5.91 Å². The quantitative estimate of drug-likeness (QED) is 0.462. The molecule has 37 heavy (non-hydrogen) atoms. The Morgan fingerprint density at radius 3 is 2.70 bits per heavy atom. The molecule has 0 spiro atoms. The van der Waals surface area contributed by atoms with Gasteiger partial charge in [0, 0.05) is 56.9 Å². The number of nitrogens with zero attached hydrogens (tertiary/aromatic N) is 2. The summed E-state index contributed by atoms with van der Waals surface area (Å²) in [7, 11) is 1.62. The molecule has 4 rings (SSSR count). The zero-order valence-corrected chi connectivity index (χ0v) is 21.5. The lowest BCUT2D eigenvalue weighted by Crippen LogP contribution is -2.43. The van der Waals surface area contributed by atoms with Gasteiger partial charge in [-0.25, -0.2) is 4.98 Å². The van der Waals surface area contributed by atoms with E-state index in [9.17, 15) is 27.9 Å². The molecule has 1 aliphatic heterocycles. The molecule has 1 aromatic heterocycles. The molecule has 1 aromatic carbocycles. The molecule has 11 heteroatoms. The fraction of sp³-hybridized carbons (Fsp3) is 0.577. The number of aliphatic hydroxyl groups is 1. The van der Waals surface area contributed by atoms with Crippen LogP contribution in [0, 0.1) is 0 Å². The van der Waals surface area contributed by atoms with Gasteiger partial charge in [0.05, 0.1) is 17.0 Å². The number of hydrogen-bond acceptors (Lipinski definition) is 7. The first kappa shape index (κ1) is 27.7. The summed E-state index contributed by atoms with van der Waals surface area (Å²) in [6.07, 6.45) is 0.807. The second-order valence-electron chi connectivity index (χ2n) is 9.86. The highest BCUT2D eigenvalue weighted by Gasteiger charge is 2.39. The third-order valence-electron chi connectivity index (χ3n) is 7.25. The predicted octanol–water partition coefficient (Wildman–Crippen LogP) is 4.29. The fourth-order valence-electron chi connectivity index (χ4n) is 5.18. The molecule has 1 aliphatic carbocycles. The van der Waals surface area contributed by atoms with Gasteiger partial charge in [-0.05, 0) is 44.2 Å². The van der Waals surface area contributed by atoms with E-state index in [-0.39, 0.29) is 30.4 Å². The van der Waals surface area contributed by atoms with E-state index in [0.29, 0.717) is 32.0 Å². The second kappa shape index (κ2) is 11.6. The van der Waals surface area contributed by atoms with Crippen molar-refractivity contribution >= 4 is 23.0 Å². The number of carbonyl (C=O) groups is 2. The van der Waals surface area contributed by atoms with Gasteiger partial charge < -0.3 is 15.2 Å². The molecule has 202 valence electrons. The first-order valence-corrected chi connectivity index (χ1v) is 13.3. The molecule has 7 nitrogen and oxygen atoms in total. The van der Waals surface area contributed by atoms with E-state index in [1.807, 2.05) is 0 Å². The first-order chi connectivity index (χ1) is 17.6. The van der Waals surface area contributed by atoms with Gasteiger partial charge in [-0.3, -0.25) is 14.5 Å². The number of ether oxygens (including phenoxy) is 1. The number of halogens is 3. The molecule has 2 aromatic rings. The monoisotopic (exact) mass is 539 g/mol. The summed E-state index contributed by atoms with van der Waals surface area (Å²) in [6.45, 7) is 1.98. The number of benzene rings is 1. The highest BCUT2D eigenvalue weighted by molar-refractivity contribution is 7.11. The molecular weight excluding hydrogens is 507 g/mol. The molecule has 0 radical (unpaired) electrons. The van der Waals surface area contributed by atoms with Crippen LogP contribution in [-0.4, -0.2) is 59.0 Å². The Balaban J connectivity index is 1.21. The summed E-state index contributed by atoms with van der Waals surface area (Å²) in [5, 5.41) is 15.0. The van der Waals surface area contributed by atoms with E-state index >= 15 is 0 Å². The standard InChI is InChI=1S/C26H32F3N3O4S/c1-36-16-24-30-14-22(37-24)25(35)10-7-20(8-11-25)32-12-9-19(15-32)31-23(34)6-5-21(33)17-3-2-4-18(13-17)26(27,28)29/h2-4,13-14,19-20,35H,5-12,15-16H2,1H3,(H,31,34). The van der Waals surface area contributed by atoms with Gasteiger partial charge in [-0.15, -0.1) is 11.3 Å². The number of nitrogens with one attached hydrogen (secondary N) is 1. The van der Waals surface area contributed by atoms with E-state index in [4.69, 9.17) is 4.74 Å². The van der Waals surface area contributed by atoms with Crippen molar-refractivity contribution in [2.75, 3.05) is 20.2 Å². The minimum absolute atomic E-state index is 0.0323. The maximum atomic E-state index is 12.9. The zero-order chi connectivity index (χ0) is 26.6. The number of carbonyl (C=O) groups excluding carboxylic acids is 2. The predicted molar refractivity (Wildman–Crippen MR) is 132 cm³/mol. The average Bonchev–Trinajstić information content (AvgIpc) is 3.53. The molecule has 1 saturated carbocycles. The van der Waals surface area contributed by atoms with Crippen molar-refractivity contribution in [2.24, 2.45) is 0 Å². The Kier molecular flexibility index (Phi) is 8.67. The Morgan fingerprint density at radius 2 is 2.00 bits per heavy atom. The molecule has 1 amide bonds. The number of amides is 1. The Morgan fingerprint density at radius 1 is 1.24 bits per heavy atom. The van der Waals surface area contributed by atoms with Crippen molar-refractivity contribution in [3.63, 3.8) is 0 Å². The smallest absolute Gasteiger partial charge is 0.384 e. The summed E-state index contributed by atoms with van der Waals surface area (Å²) in [4.78, 5) is 32.3. The lowest BCUT2D eigenvalue weighted by Gasteiger charge is -2.39. The van der Waals surface area contributed by atoms with Crippen LogP contribution in [0.25, 0.3) is 0 Å². The molecule has 1 atom stereocenters. The Labute approximate surface area is 218 Å². The third kappa shape index (κ3) is 6.95. The Hall–Kier alpha value is -2.34. The molecule has 2 N–H and O–H groups in total. The summed E-state index contributed by atoms with van der Waals surface area (Å²) in [5.41, 5.74) is -1.78. The van der Waals surface area contributed by atoms with E-state index in [1.54, 1.807) is 13.3 Å².